The summed E-state index contributed by atoms with van der Waals surface area (Å²) in [4.78, 5) is 2.84. The average Bonchev–Trinajstić information content (AvgIpc) is 2.54. The molecule has 0 aromatic carbocycles. The molecule has 17 heavy (non-hydrogen) atoms. The van der Waals surface area contributed by atoms with Crippen molar-refractivity contribution in [3.8, 4) is 0 Å². The molecule has 98 valence electrons. The number of piperidine rings is 1. The third-order valence-corrected chi connectivity index (χ3v) is 5.43. The van der Waals surface area contributed by atoms with Gasteiger partial charge in [0.05, 0.1) is 0 Å². The Balaban J connectivity index is 1.58. The van der Waals surface area contributed by atoms with Gasteiger partial charge >= 0.3 is 0 Å². The maximum Gasteiger partial charge on any atom is 0.0114 e. The van der Waals surface area contributed by atoms with Crippen molar-refractivity contribution in [1.29, 1.82) is 0 Å². The molecule has 2 saturated heterocycles. The van der Waals surface area contributed by atoms with E-state index in [1.807, 2.05) is 0 Å². The van der Waals surface area contributed by atoms with Gasteiger partial charge < -0.3 is 5.73 Å². The molecule has 2 aliphatic heterocycles. The van der Waals surface area contributed by atoms with Gasteiger partial charge in [-0.25, -0.2) is 0 Å². The molecule has 0 radical (unpaired) electrons. The lowest BCUT2D eigenvalue weighted by Gasteiger charge is -2.41. The summed E-state index contributed by atoms with van der Waals surface area (Å²) in [6.45, 7) is 3.82. The van der Waals surface area contributed by atoms with Crippen LogP contribution < -0.4 is 5.73 Å². The third kappa shape index (κ3) is 2.53. The highest BCUT2D eigenvalue weighted by Gasteiger charge is 2.40. The van der Waals surface area contributed by atoms with Gasteiger partial charge in [0, 0.05) is 24.7 Å². The zero-order valence-corrected chi connectivity index (χ0v) is 11.3. The van der Waals surface area contributed by atoms with Crippen molar-refractivity contribution in [3.63, 3.8) is 0 Å². The van der Waals surface area contributed by atoms with Crippen molar-refractivity contribution in [3.05, 3.63) is 0 Å². The first-order valence-corrected chi connectivity index (χ1v) is 7.73. The topological polar surface area (TPSA) is 29.3 Å². The Morgan fingerprint density at radius 1 is 1.00 bits per heavy atom. The number of fused-ring (bicyclic) bond motifs is 2. The molecule has 1 aliphatic carbocycles. The van der Waals surface area contributed by atoms with E-state index in [0.717, 1.165) is 23.9 Å². The van der Waals surface area contributed by atoms with Gasteiger partial charge in [-0.3, -0.25) is 4.90 Å². The summed E-state index contributed by atoms with van der Waals surface area (Å²) in [7, 11) is 0. The molecule has 2 N–H and O–H groups in total. The Hall–Kier alpha value is -0.0800. The largest absolute Gasteiger partial charge is 0.328 e. The Morgan fingerprint density at radius 2 is 1.71 bits per heavy atom. The third-order valence-electron chi connectivity index (χ3n) is 5.43. The summed E-state index contributed by atoms with van der Waals surface area (Å²) in [5.41, 5.74) is 6.15. The highest BCUT2D eigenvalue weighted by Crippen LogP contribution is 2.38. The first-order valence-electron chi connectivity index (χ1n) is 7.73. The summed E-state index contributed by atoms with van der Waals surface area (Å²) in [6.07, 6.45) is 11.2. The van der Waals surface area contributed by atoms with Gasteiger partial charge in [0.15, 0.2) is 0 Å². The van der Waals surface area contributed by atoms with E-state index in [-0.39, 0.29) is 0 Å². The van der Waals surface area contributed by atoms with Crippen LogP contribution in [0.4, 0.5) is 0 Å². The molecular formula is C15H28N2. The van der Waals surface area contributed by atoms with Crippen molar-refractivity contribution in [2.24, 2.45) is 17.6 Å². The van der Waals surface area contributed by atoms with Crippen molar-refractivity contribution >= 4 is 0 Å². The molecule has 2 heterocycles. The van der Waals surface area contributed by atoms with E-state index in [0.29, 0.717) is 6.04 Å². The summed E-state index contributed by atoms with van der Waals surface area (Å²) >= 11 is 0. The van der Waals surface area contributed by atoms with Crippen LogP contribution >= 0.6 is 0 Å². The van der Waals surface area contributed by atoms with E-state index in [1.165, 1.54) is 57.9 Å². The van der Waals surface area contributed by atoms with Crippen LogP contribution in [0, 0.1) is 11.8 Å². The summed E-state index contributed by atoms with van der Waals surface area (Å²) in [5.74, 6) is 1.95. The standard InChI is InChI=1S/C15H28N2/c1-11-3-2-4-12(7-11)10-17-14-5-6-15(17)9-13(16)8-14/h11-15H,2-10,16H2,1H3. The Bertz CT molecular complexity index is 252. The minimum absolute atomic E-state index is 0.494. The zero-order chi connectivity index (χ0) is 11.8. The molecule has 3 rings (SSSR count). The van der Waals surface area contributed by atoms with Gasteiger partial charge in [0.25, 0.3) is 0 Å². The Morgan fingerprint density at radius 3 is 2.35 bits per heavy atom. The first kappa shape index (κ1) is 12.0. The SMILES string of the molecule is CC1CCCC(CN2C3CCC2CC(N)C3)C1. The summed E-state index contributed by atoms with van der Waals surface area (Å²) < 4.78 is 0. The molecule has 4 atom stereocenters. The monoisotopic (exact) mass is 236 g/mol. The summed E-state index contributed by atoms with van der Waals surface area (Å²) in [6, 6.07) is 2.16. The maximum absolute atomic E-state index is 6.15. The lowest BCUT2D eigenvalue weighted by atomic mass is 9.81. The highest BCUT2D eigenvalue weighted by atomic mass is 15.2. The average molecular weight is 236 g/mol. The minimum atomic E-state index is 0.494. The smallest absolute Gasteiger partial charge is 0.0114 e. The summed E-state index contributed by atoms with van der Waals surface area (Å²) in [5, 5.41) is 0. The normalized spacial score (nSPS) is 47.3. The number of nitrogens with zero attached hydrogens (tertiary/aromatic N) is 1. The van der Waals surface area contributed by atoms with E-state index in [1.54, 1.807) is 0 Å². The molecule has 3 aliphatic rings. The lowest BCUT2D eigenvalue weighted by Crippen LogP contribution is -2.49. The van der Waals surface area contributed by atoms with Gasteiger partial charge in [0.1, 0.15) is 0 Å². The van der Waals surface area contributed by atoms with Gasteiger partial charge in [-0.1, -0.05) is 19.8 Å². The van der Waals surface area contributed by atoms with Crippen LogP contribution in [0.2, 0.25) is 0 Å². The number of rotatable bonds is 2. The van der Waals surface area contributed by atoms with E-state index in [9.17, 15) is 0 Å². The van der Waals surface area contributed by atoms with E-state index >= 15 is 0 Å². The highest BCUT2D eigenvalue weighted by molar-refractivity contribution is 4.97. The quantitative estimate of drug-likeness (QED) is 0.799. The first-order chi connectivity index (χ1) is 8.22. The van der Waals surface area contributed by atoms with Crippen LogP contribution in [0.25, 0.3) is 0 Å². The van der Waals surface area contributed by atoms with E-state index in [2.05, 4.69) is 11.8 Å². The van der Waals surface area contributed by atoms with Crippen LogP contribution in [-0.4, -0.2) is 29.6 Å². The van der Waals surface area contributed by atoms with Crippen LogP contribution in [0.15, 0.2) is 0 Å². The van der Waals surface area contributed by atoms with Crippen molar-refractivity contribution in [2.75, 3.05) is 6.54 Å². The van der Waals surface area contributed by atoms with Crippen molar-refractivity contribution < 1.29 is 0 Å². The molecule has 0 amide bonds. The second-order valence-corrected chi connectivity index (χ2v) is 6.95. The van der Waals surface area contributed by atoms with Gasteiger partial charge in [-0.15, -0.1) is 0 Å². The van der Waals surface area contributed by atoms with E-state index in [4.69, 9.17) is 5.73 Å². The molecule has 2 nitrogen and oxygen atoms in total. The molecule has 3 fully saturated rings. The number of nitrogens with two attached hydrogens (primary N) is 1. The van der Waals surface area contributed by atoms with Gasteiger partial charge in [-0.05, 0) is 50.4 Å². The van der Waals surface area contributed by atoms with Crippen molar-refractivity contribution in [1.82, 2.24) is 4.90 Å². The fraction of sp³-hybridized carbons (Fsp3) is 1.00. The predicted molar refractivity (Wildman–Crippen MR) is 71.8 cm³/mol. The van der Waals surface area contributed by atoms with Crippen LogP contribution in [0.1, 0.15) is 58.3 Å². The fourth-order valence-electron chi connectivity index (χ4n) is 4.64. The molecule has 2 bridgehead atoms. The maximum atomic E-state index is 6.15. The fourth-order valence-corrected chi connectivity index (χ4v) is 4.64. The zero-order valence-electron chi connectivity index (χ0n) is 11.3. The molecule has 2 heteroatoms. The number of hydrogen-bond acceptors (Lipinski definition) is 2. The molecule has 1 saturated carbocycles. The van der Waals surface area contributed by atoms with Crippen LogP contribution in [0.5, 0.6) is 0 Å². The molecule has 4 unspecified atom stereocenters. The van der Waals surface area contributed by atoms with Crippen LogP contribution in [0.3, 0.4) is 0 Å². The Labute approximate surface area is 106 Å². The van der Waals surface area contributed by atoms with Gasteiger partial charge in [-0.2, -0.15) is 0 Å². The second kappa shape index (κ2) is 4.89. The predicted octanol–water partition coefficient (Wildman–Crippen LogP) is 2.77. The molecular weight excluding hydrogens is 208 g/mol. The molecule has 0 aromatic heterocycles. The lowest BCUT2D eigenvalue weighted by molar-refractivity contribution is 0.0899. The number of hydrogen-bond donors (Lipinski definition) is 1. The Kier molecular flexibility index (Phi) is 3.45. The van der Waals surface area contributed by atoms with E-state index < -0.39 is 0 Å². The second-order valence-electron chi connectivity index (χ2n) is 6.95. The van der Waals surface area contributed by atoms with Crippen LogP contribution in [-0.2, 0) is 0 Å². The minimum Gasteiger partial charge on any atom is -0.328 e. The van der Waals surface area contributed by atoms with Crippen molar-refractivity contribution in [2.45, 2.75) is 76.4 Å². The molecule has 0 spiro atoms. The van der Waals surface area contributed by atoms with Gasteiger partial charge in [0.2, 0.25) is 0 Å². The molecule has 0 aromatic rings.